The van der Waals surface area contributed by atoms with Gasteiger partial charge in [0.1, 0.15) is 5.52 Å². The zero-order valence-electron chi connectivity index (χ0n) is 21.9. The third-order valence-corrected chi connectivity index (χ3v) is 7.49. The first-order chi connectivity index (χ1) is 18.2. The molecule has 5 rings (SSSR count). The summed E-state index contributed by atoms with van der Waals surface area (Å²) < 4.78 is 0. The zero-order chi connectivity index (χ0) is 25.6. The lowest BCUT2D eigenvalue weighted by atomic mass is 10.0. The number of para-hydroxylation sites is 1. The second-order valence-corrected chi connectivity index (χ2v) is 9.90. The van der Waals surface area contributed by atoms with Crippen LogP contribution in [0, 0.1) is 5.92 Å². The topological polar surface area (TPSA) is 77.5 Å². The molecule has 0 spiro atoms. The number of hydrogen-bond donors (Lipinski definition) is 1. The van der Waals surface area contributed by atoms with Gasteiger partial charge in [-0.05, 0) is 56.7 Å². The Morgan fingerprint density at radius 1 is 0.973 bits per heavy atom. The molecule has 8 heteroatoms. The van der Waals surface area contributed by atoms with Crippen molar-refractivity contribution in [1.29, 1.82) is 0 Å². The van der Waals surface area contributed by atoms with E-state index in [0.29, 0.717) is 6.54 Å². The smallest absolute Gasteiger partial charge is 0.229 e. The fourth-order valence-corrected chi connectivity index (χ4v) is 5.50. The number of carbonyl (C=O) groups excluding carboxylic acids is 1. The highest BCUT2D eigenvalue weighted by Gasteiger charge is 2.36. The summed E-state index contributed by atoms with van der Waals surface area (Å²) in [5.74, 6) is -0.0442. The van der Waals surface area contributed by atoms with Crippen LogP contribution in [-0.2, 0) is 4.79 Å². The lowest BCUT2D eigenvalue weighted by molar-refractivity contribution is -0.124. The Kier molecular flexibility index (Phi) is 7.94. The van der Waals surface area contributed by atoms with E-state index in [4.69, 9.17) is 0 Å². The Labute approximate surface area is 219 Å². The van der Waals surface area contributed by atoms with Crippen LogP contribution in [0.15, 0.2) is 61.1 Å². The van der Waals surface area contributed by atoms with Crippen LogP contribution in [-0.4, -0.2) is 82.5 Å². The Hall–Kier alpha value is -3.52. The lowest BCUT2D eigenvalue weighted by Gasteiger charge is -2.36. The van der Waals surface area contributed by atoms with Crippen LogP contribution in [0.3, 0.4) is 0 Å². The maximum atomic E-state index is 13.1. The first kappa shape index (κ1) is 25.1. The molecule has 1 N–H and O–H groups in total. The molecule has 0 aliphatic carbocycles. The van der Waals surface area contributed by atoms with Gasteiger partial charge in [0.2, 0.25) is 5.91 Å². The van der Waals surface area contributed by atoms with Crippen molar-refractivity contribution in [2.45, 2.75) is 32.7 Å². The highest BCUT2D eigenvalue weighted by Crippen LogP contribution is 2.33. The highest BCUT2D eigenvalue weighted by atomic mass is 16.1. The quantitative estimate of drug-likeness (QED) is 0.452. The van der Waals surface area contributed by atoms with Crippen LogP contribution >= 0.6 is 0 Å². The predicted molar refractivity (Wildman–Crippen MR) is 148 cm³/mol. The number of pyridine rings is 1. The van der Waals surface area contributed by atoms with E-state index < -0.39 is 0 Å². The molecular weight excluding hydrogens is 462 g/mol. The maximum absolute atomic E-state index is 13.1. The molecule has 8 nitrogen and oxygen atoms in total. The zero-order valence-corrected chi connectivity index (χ0v) is 21.9. The molecular formula is C29H37N7O. The first-order valence-electron chi connectivity index (χ1n) is 13.5. The molecule has 1 amide bonds. The number of carbonyl (C=O) groups is 1. The number of aromatic nitrogens is 3. The van der Waals surface area contributed by atoms with Crippen LogP contribution < -0.4 is 10.2 Å². The summed E-state index contributed by atoms with van der Waals surface area (Å²) in [7, 11) is 0. The second-order valence-electron chi connectivity index (χ2n) is 9.90. The van der Waals surface area contributed by atoms with Gasteiger partial charge in [0.25, 0.3) is 0 Å². The van der Waals surface area contributed by atoms with Crippen molar-refractivity contribution in [3.8, 4) is 0 Å². The summed E-state index contributed by atoms with van der Waals surface area (Å²) in [5, 5.41) is 3.20. The van der Waals surface area contributed by atoms with Gasteiger partial charge in [-0.3, -0.25) is 24.6 Å². The van der Waals surface area contributed by atoms with Crippen LogP contribution in [0.2, 0.25) is 0 Å². The monoisotopic (exact) mass is 499 g/mol. The molecule has 0 radical (unpaired) electrons. The van der Waals surface area contributed by atoms with Gasteiger partial charge in [-0.2, -0.15) is 0 Å². The van der Waals surface area contributed by atoms with Crippen LogP contribution in [0.4, 0.5) is 5.69 Å². The van der Waals surface area contributed by atoms with E-state index in [1.165, 1.54) is 5.69 Å². The summed E-state index contributed by atoms with van der Waals surface area (Å²) in [6, 6.07) is 12.3. The van der Waals surface area contributed by atoms with Crippen molar-refractivity contribution < 1.29 is 4.79 Å². The van der Waals surface area contributed by atoms with Gasteiger partial charge in [0, 0.05) is 63.9 Å². The van der Waals surface area contributed by atoms with Gasteiger partial charge in [0.15, 0.2) is 0 Å². The van der Waals surface area contributed by atoms with E-state index in [1.807, 2.05) is 30.5 Å². The van der Waals surface area contributed by atoms with E-state index >= 15 is 0 Å². The summed E-state index contributed by atoms with van der Waals surface area (Å²) in [6.07, 6.45) is 9.40. The van der Waals surface area contributed by atoms with E-state index in [0.717, 1.165) is 74.5 Å². The molecule has 2 atom stereocenters. The van der Waals surface area contributed by atoms with Gasteiger partial charge < -0.3 is 15.1 Å². The van der Waals surface area contributed by atoms with Crippen molar-refractivity contribution in [2.75, 3.05) is 50.7 Å². The van der Waals surface area contributed by atoms with Gasteiger partial charge in [-0.25, -0.2) is 0 Å². The third kappa shape index (κ3) is 5.59. The standard InChI is InChI=1S/C29H37N7O/c1-3-15-36-22(2)23(21-27(36)24-8-4-5-11-30-24)29(37)33-12-7-16-34-17-19-35(20-18-34)26-10-6-9-25-28(26)32-14-13-31-25/h4-6,8-11,13-14,21-23H,3,7,12,15-20H2,1-2H3,(H,33,37). The second kappa shape index (κ2) is 11.7. The molecule has 1 fully saturated rings. The summed E-state index contributed by atoms with van der Waals surface area (Å²) in [5.41, 5.74) is 5.09. The van der Waals surface area contributed by atoms with Crippen molar-refractivity contribution in [3.05, 3.63) is 66.8 Å². The lowest BCUT2D eigenvalue weighted by Crippen LogP contribution is -2.47. The van der Waals surface area contributed by atoms with E-state index in [1.54, 1.807) is 12.4 Å². The van der Waals surface area contributed by atoms with Gasteiger partial charge in [0.05, 0.1) is 28.5 Å². The maximum Gasteiger partial charge on any atom is 0.229 e. The first-order valence-corrected chi connectivity index (χ1v) is 13.5. The molecule has 1 aromatic carbocycles. The molecule has 2 aliphatic rings. The molecule has 3 aromatic rings. The normalized spacial score (nSPS) is 20.3. The number of piperazine rings is 1. The Morgan fingerprint density at radius 2 is 1.81 bits per heavy atom. The molecule has 2 aromatic heterocycles. The largest absolute Gasteiger partial charge is 0.367 e. The summed E-state index contributed by atoms with van der Waals surface area (Å²) >= 11 is 0. The van der Waals surface area contributed by atoms with Crippen molar-refractivity contribution in [1.82, 2.24) is 30.1 Å². The Morgan fingerprint density at radius 3 is 2.59 bits per heavy atom. The predicted octanol–water partition coefficient (Wildman–Crippen LogP) is 3.42. The van der Waals surface area contributed by atoms with Crippen molar-refractivity contribution >= 4 is 28.3 Å². The van der Waals surface area contributed by atoms with Crippen molar-refractivity contribution in [3.63, 3.8) is 0 Å². The van der Waals surface area contributed by atoms with Gasteiger partial charge >= 0.3 is 0 Å². The average Bonchev–Trinajstić information content (AvgIpc) is 3.27. The molecule has 0 bridgehead atoms. The SMILES string of the molecule is CCCN1C(c2ccccn2)=CC(C(=O)NCCCN2CCN(c3cccc4nccnc34)CC2)C1C. The van der Waals surface area contributed by atoms with Crippen molar-refractivity contribution in [2.24, 2.45) is 5.92 Å². The number of fused-ring (bicyclic) bond motifs is 1. The minimum atomic E-state index is -0.157. The number of hydrogen-bond acceptors (Lipinski definition) is 7. The van der Waals surface area contributed by atoms with Crippen LogP contribution in [0.1, 0.15) is 32.4 Å². The minimum absolute atomic E-state index is 0.112. The van der Waals surface area contributed by atoms with E-state index in [2.05, 4.69) is 67.0 Å². The number of nitrogens with one attached hydrogen (secondary N) is 1. The highest BCUT2D eigenvalue weighted by molar-refractivity contribution is 5.88. The number of rotatable bonds is 9. The molecule has 1 saturated heterocycles. The summed E-state index contributed by atoms with van der Waals surface area (Å²) in [4.78, 5) is 33.9. The number of benzene rings is 1. The van der Waals surface area contributed by atoms with Crippen LogP contribution in [0.5, 0.6) is 0 Å². The molecule has 2 aliphatic heterocycles. The van der Waals surface area contributed by atoms with Crippen LogP contribution in [0.25, 0.3) is 16.7 Å². The number of anilines is 1. The molecule has 2 unspecified atom stereocenters. The van der Waals surface area contributed by atoms with Gasteiger partial charge in [-0.15, -0.1) is 0 Å². The minimum Gasteiger partial charge on any atom is -0.367 e. The number of nitrogens with zero attached hydrogens (tertiary/aromatic N) is 6. The molecule has 194 valence electrons. The van der Waals surface area contributed by atoms with Gasteiger partial charge in [-0.1, -0.05) is 19.1 Å². The third-order valence-electron chi connectivity index (χ3n) is 7.49. The fraction of sp³-hybridized carbons (Fsp3) is 0.448. The van der Waals surface area contributed by atoms with E-state index in [9.17, 15) is 4.79 Å². The number of amides is 1. The summed E-state index contributed by atoms with van der Waals surface area (Å²) in [6.45, 7) is 10.9. The Balaban J connectivity index is 1.09. The molecule has 4 heterocycles. The molecule has 0 saturated carbocycles. The fourth-order valence-electron chi connectivity index (χ4n) is 5.50. The average molecular weight is 500 g/mol. The Bertz CT molecular complexity index is 1220. The van der Waals surface area contributed by atoms with E-state index in [-0.39, 0.29) is 17.9 Å². The molecule has 37 heavy (non-hydrogen) atoms.